The van der Waals surface area contributed by atoms with Crippen LogP contribution in [0.15, 0.2) is 6.07 Å². The molecule has 8 heteroatoms. The number of carboxylic acid groups (broad SMARTS) is 1. The number of carbonyl (C=O) groups excluding carboxylic acids is 2. The summed E-state index contributed by atoms with van der Waals surface area (Å²) in [5, 5.41) is 10.1. The predicted molar refractivity (Wildman–Crippen MR) is 137 cm³/mol. The molecule has 0 bridgehead atoms. The van der Waals surface area contributed by atoms with Gasteiger partial charge in [0.2, 0.25) is 5.91 Å². The third-order valence-electron chi connectivity index (χ3n) is 8.46. The first-order valence-corrected chi connectivity index (χ1v) is 13.9. The Balaban J connectivity index is 1.72. The van der Waals surface area contributed by atoms with Crippen LogP contribution in [0.4, 0.5) is 5.69 Å². The summed E-state index contributed by atoms with van der Waals surface area (Å²) in [6.07, 6.45) is 5.51. The van der Waals surface area contributed by atoms with Crippen LogP contribution in [-0.4, -0.2) is 41.1 Å². The van der Waals surface area contributed by atoms with Crippen LogP contribution in [0, 0.1) is 23.7 Å². The second-order valence-electron chi connectivity index (χ2n) is 12.0. The molecule has 1 amide bonds. The number of nitrogens with two attached hydrogens (primary N) is 1. The van der Waals surface area contributed by atoms with Gasteiger partial charge in [-0.15, -0.1) is 11.3 Å². The van der Waals surface area contributed by atoms with Gasteiger partial charge in [0.1, 0.15) is 17.0 Å². The monoisotopic (exact) mass is 504 g/mol. The van der Waals surface area contributed by atoms with Crippen LogP contribution in [0.25, 0.3) is 0 Å². The fourth-order valence-electron chi connectivity index (χ4n) is 6.08. The molecule has 2 aliphatic carbocycles. The molecular formula is C27H40N2O5S. The van der Waals surface area contributed by atoms with Gasteiger partial charge in [-0.1, -0.05) is 34.6 Å². The first kappa shape index (κ1) is 26.1. The molecule has 194 valence electrons. The summed E-state index contributed by atoms with van der Waals surface area (Å²) < 4.78 is 5.65. The molecule has 1 saturated heterocycles. The van der Waals surface area contributed by atoms with Gasteiger partial charge in [0.15, 0.2) is 0 Å². The number of carboxylic acids is 1. The number of ether oxygens (including phenoxy) is 1. The molecule has 2 heterocycles. The number of fused-ring (bicyclic) bond motifs is 1. The molecule has 0 spiro atoms. The number of esters is 1. The number of amides is 1. The van der Waals surface area contributed by atoms with Crippen molar-refractivity contribution < 1.29 is 24.2 Å². The molecule has 2 unspecified atom stereocenters. The summed E-state index contributed by atoms with van der Waals surface area (Å²) in [5.74, 6) is -0.766. The Morgan fingerprint density at radius 1 is 1.11 bits per heavy atom. The Morgan fingerprint density at radius 3 is 2.37 bits per heavy atom. The molecule has 0 aromatic carbocycles. The van der Waals surface area contributed by atoms with Gasteiger partial charge < -0.3 is 20.5 Å². The predicted octanol–water partition coefficient (Wildman–Crippen LogP) is 4.96. The molecule has 35 heavy (non-hydrogen) atoms. The molecule has 7 nitrogen and oxygen atoms in total. The summed E-state index contributed by atoms with van der Waals surface area (Å²) in [4.78, 5) is 41.7. The van der Waals surface area contributed by atoms with E-state index in [1.54, 1.807) is 0 Å². The lowest BCUT2D eigenvalue weighted by Gasteiger charge is -2.47. The Hall–Kier alpha value is -1.93. The van der Waals surface area contributed by atoms with Crippen molar-refractivity contribution in [2.24, 2.45) is 29.4 Å². The Bertz CT molecular complexity index is 973. The van der Waals surface area contributed by atoms with Gasteiger partial charge in [-0.3, -0.25) is 9.59 Å². The van der Waals surface area contributed by atoms with Gasteiger partial charge in [0, 0.05) is 22.8 Å². The smallest absolute Gasteiger partial charge is 0.348 e. The summed E-state index contributed by atoms with van der Waals surface area (Å²) >= 11 is 1.27. The number of nitrogens with zero attached hydrogens (tertiary/aromatic N) is 1. The van der Waals surface area contributed by atoms with Crippen molar-refractivity contribution in [3.63, 3.8) is 0 Å². The van der Waals surface area contributed by atoms with Crippen molar-refractivity contribution >= 4 is 34.9 Å². The van der Waals surface area contributed by atoms with Crippen molar-refractivity contribution in [3.8, 4) is 0 Å². The van der Waals surface area contributed by atoms with Gasteiger partial charge in [-0.2, -0.15) is 0 Å². The molecule has 1 aromatic rings. The molecule has 4 rings (SSSR count). The number of rotatable bonds is 4. The number of hydrogen-bond donors (Lipinski definition) is 2. The molecule has 0 radical (unpaired) electrons. The van der Waals surface area contributed by atoms with Crippen LogP contribution in [0.5, 0.6) is 0 Å². The molecule has 2 saturated carbocycles. The molecule has 5 atom stereocenters. The Kier molecular flexibility index (Phi) is 7.36. The zero-order chi connectivity index (χ0) is 25.7. The number of thiophene rings is 1. The van der Waals surface area contributed by atoms with E-state index in [0.717, 1.165) is 30.6 Å². The van der Waals surface area contributed by atoms with Crippen LogP contribution in [0.3, 0.4) is 0 Å². The lowest BCUT2D eigenvalue weighted by atomic mass is 9.71. The van der Waals surface area contributed by atoms with Gasteiger partial charge in [-0.25, -0.2) is 4.79 Å². The van der Waals surface area contributed by atoms with Crippen molar-refractivity contribution in [2.45, 2.75) is 103 Å². The van der Waals surface area contributed by atoms with Gasteiger partial charge in [-0.05, 0) is 68.3 Å². The van der Waals surface area contributed by atoms with E-state index in [1.807, 2.05) is 17.9 Å². The molecule has 3 N–H and O–H groups in total. The zero-order valence-corrected chi connectivity index (χ0v) is 22.4. The van der Waals surface area contributed by atoms with Crippen LogP contribution in [0.2, 0.25) is 0 Å². The van der Waals surface area contributed by atoms with Gasteiger partial charge in [0.05, 0.1) is 5.69 Å². The SMILES string of the molecule is CC1CCC(C(=O)N(c2cc(C(C)(C)C)sc2C(=O)O)[C@H]2CC[C@@H]3OC(=O)[C@@H](N)C(C)C3C2)CC1. The highest BCUT2D eigenvalue weighted by Gasteiger charge is 2.47. The minimum Gasteiger partial charge on any atom is -0.477 e. The van der Waals surface area contributed by atoms with E-state index in [2.05, 4.69) is 27.7 Å². The highest BCUT2D eigenvalue weighted by Crippen LogP contribution is 2.45. The minimum atomic E-state index is -0.994. The third-order valence-corrected chi connectivity index (χ3v) is 10.00. The van der Waals surface area contributed by atoms with Crippen molar-refractivity contribution in [3.05, 3.63) is 15.8 Å². The molecule has 1 aromatic heterocycles. The van der Waals surface area contributed by atoms with Crippen LogP contribution < -0.4 is 10.6 Å². The first-order chi connectivity index (χ1) is 16.4. The van der Waals surface area contributed by atoms with E-state index in [1.165, 1.54) is 11.3 Å². The fourth-order valence-corrected chi connectivity index (χ4v) is 7.13. The molecule has 1 aliphatic heterocycles. The summed E-state index contributed by atoms with van der Waals surface area (Å²) in [6, 6.07) is 1.12. The summed E-state index contributed by atoms with van der Waals surface area (Å²) in [5.41, 5.74) is 6.44. The van der Waals surface area contributed by atoms with Gasteiger partial charge in [0.25, 0.3) is 0 Å². The van der Waals surface area contributed by atoms with Crippen LogP contribution >= 0.6 is 11.3 Å². The van der Waals surface area contributed by atoms with E-state index in [0.29, 0.717) is 30.9 Å². The average molecular weight is 505 g/mol. The van der Waals surface area contributed by atoms with E-state index >= 15 is 0 Å². The number of carbonyl (C=O) groups is 3. The number of aromatic carboxylic acids is 1. The lowest BCUT2D eigenvalue weighted by Crippen LogP contribution is -2.57. The largest absolute Gasteiger partial charge is 0.477 e. The average Bonchev–Trinajstić information content (AvgIpc) is 3.24. The third kappa shape index (κ3) is 5.15. The molecule has 3 aliphatic rings. The van der Waals surface area contributed by atoms with E-state index < -0.39 is 12.0 Å². The Morgan fingerprint density at radius 2 is 1.77 bits per heavy atom. The number of hydrogen-bond acceptors (Lipinski definition) is 6. The van der Waals surface area contributed by atoms with E-state index in [4.69, 9.17) is 10.5 Å². The quantitative estimate of drug-likeness (QED) is 0.561. The summed E-state index contributed by atoms with van der Waals surface area (Å²) in [6.45, 7) is 10.4. The second-order valence-corrected chi connectivity index (χ2v) is 13.1. The highest BCUT2D eigenvalue weighted by molar-refractivity contribution is 7.14. The van der Waals surface area contributed by atoms with Crippen LogP contribution in [-0.2, 0) is 19.7 Å². The Labute approximate surface area is 212 Å². The lowest BCUT2D eigenvalue weighted by molar-refractivity contribution is -0.169. The van der Waals surface area contributed by atoms with Crippen LogP contribution in [0.1, 0.15) is 94.1 Å². The maximum Gasteiger partial charge on any atom is 0.348 e. The second kappa shape index (κ2) is 9.85. The van der Waals surface area contributed by atoms with Crippen molar-refractivity contribution in [2.75, 3.05) is 4.90 Å². The van der Waals surface area contributed by atoms with E-state index in [9.17, 15) is 19.5 Å². The highest BCUT2D eigenvalue weighted by atomic mass is 32.1. The topological polar surface area (TPSA) is 110 Å². The standard InChI is InChI=1S/C27H40N2O5S/c1-14-6-8-16(9-7-14)24(30)29(19-13-21(27(3,4)5)35-23(19)25(31)32)17-10-11-20-18(12-17)15(2)22(28)26(33)34-20/h13-18,20,22H,6-12,28H2,1-5H3,(H,31,32)/t14?,15?,16?,17-,18?,20-,22-/m0/s1. The summed E-state index contributed by atoms with van der Waals surface area (Å²) in [7, 11) is 0. The van der Waals surface area contributed by atoms with E-state index in [-0.39, 0.29) is 52.1 Å². The van der Waals surface area contributed by atoms with Gasteiger partial charge >= 0.3 is 11.9 Å². The minimum absolute atomic E-state index is 0.0471. The zero-order valence-electron chi connectivity index (χ0n) is 21.6. The molecular weight excluding hydrogens is 464 g/mol. The number of anilines is 1. The first-order valence-electron chi connectivity index (χ1n) is 13.0. The molecule has 3 fully saturated rings. The van der Waals surface area contributed by atoms with Crippen molar-refractivity contribution in [1.29, 1.82) is 0 Å². The maximum absolute atomic E-state index is 14.1. The fraction of sp³-hybridized carbons (Fsp3) is 0.741. The normalized spacial score (nSPS) is 33.5. The van der Waals surface area contributed by atoms with Crippen molar-refractivity contribution in [1.82, 2.24) is 0 Å². The maximum atomic E-state index is 14.1.